The molecule has 0 aliphatic heterocycles. The Labute approximate surface area is 275 Å². The van der Waals surface area contributed by atoms with Crippen LogP contribution in [0.3, 0.4) is 0 Å². The van der Waals surface area contributed by atoms with Crippen molar-refractivity contribution in [2.24, 2.45) is 22.7 Å². The average Bonchev–Trinajstić information content (AvgIpc) is 3.03. The third-order valence-electron chi connectivity index (χ3n) is 11.1. The van der Waals surface area contributed by atoms with Gasteiger partial charge in [-0.05, 0) is 119 Å². The molecule has 0 amide bonds. The van der Waals surface area contributed by atoms with Crippen molar-refractivity contribution in [3.05, 3.63) is 94.6 Å². The monoisotopic (exact) mass is 690 g/mol. The molecule has 4 atom stereocenters. The standard InChI is InChI=1S/C29H31N3.C7H5NO4.Ru/c1-28(2)18-8-16-10-26(30-14-20(16)22(28)12-18)24-6-5-7-25(32-24)27-11-17-9-19-13-23(29(19,3)4)21(17)15-31-27;9-6(10)4-2-1-3-5(8-4)7(11)12;/h5-7,10-11,14-15,18-19,22-23H,8-9,12-13H2,1-4H3;1-3H,(H,9,10)(H,11,12);/t18-,19-,22-,23-;;/m1../s1. The zero-order chi connectivity index (χ0) is 31.0. The van der Waals surface area contributed by atoms with Crippen molar-refractivity contribution in [3.8, 4) is 22.8 Å². The summed E-state index contributed by atoms with van der Waals surface area (Å²) in [5, 5.41) is 16.9. The van der Waals surface area contributed by atoms with Crippen molar-refractivity contribution in [2.45, 2.75) is 65.2 Å². The van der Waals surface area contributed by atoms with Crippen LogP contribution < -0.4 is 0 Å². The van der Waals surface area contributed by atoms with Crippen LogP contribution in [0.5, 0.6) is 0 Å². The summed E-state index contributed by atoms with van der Waals surface area (Å²) in [5.74, 6) is 0.494. The van der Waals surface area contributed by atoms with Gasteiger partial charge in [0.25, 0.3) is 0 Å². The number of pyridine rings is 4. The SMILES string of the molecule is CC1(C)[C@@H]2Cc3cc(-c4cccc(-c5cc6c(cn5)[C@H]5C[C@@H](C6)C5(C)C)n4)ncc3[C@H]1C2.O=C(O)c1cccc(C(=O)O)n1.[Ru]. The molecule has 6 aliphatic rings. The predicted octanol–water partition coefficient (Wildman–Crippen LogP) is 7.05. The number of aromatic carboxylic acids is 2. The van der Waals surface area contributed by atoms with Crippen LogP contribution in [0.1, 0.15) is 95.6 Å². The van der Waals surface area contributed by atoms with Gasteiger partial charge in [0.1, 0.15) is 11.4 Å². The summed E-state index contributed by atoms with van der Waals surface area (Å²) in [7, 11) is 0. The summed E-state index contributed by atoms with van der Waals surface area (Å²) in [6, 6.07) is 14.7. The number of aromatic nitrogens is 4. The zero-order valence-corrected chi connectivity index (χ0v) is 27.5. The zero-order valence-electron chi connectivity index (χ0n) is 25.8. The molecule has 2 fully saturated rings. The minimum absolute atomic E-state index is 0. The second kappa shape index (κ2) is 11.2. The van der Waals surface area contributed by atoms with Crippen molar-refractivity contribution in [2.75, 3.05) is 0 Å². The van der Waals surface area contributed by atoms with Gasteiger partial charge in [-0.25, -0.2) is 19.6 Å². The Balaban J connectivity index is 0.000000235. The van der Waals surface area contributed by atoms with E-state index >= 15 is 0 Å². The molecule has 4 heterocycles. The summed E-state index contributed by atoms with van der Waals surface area (Å²) in [4.78, 5) is 38.7. The molecule has 6 aliphatic carbocycles. The van der Waals surface area contributed by atoms with Gasteiger partial charge >= 0.3 is 11.9 Å². The molecule has 0 spiro atoms. The van der Waals surface area contributed by atoms with Gasteiger partial charge in [-0.1, -0.05) is 39.8 Å². The number of carboxylic acid groups (broad SMARTS) is 2. The van der Waals surface area contributed by atoms with Crippen LogP contribution in [-0.4, -0.2) is 42.1 Å². The second-order valence-corrected chi connectivity index (χ2v) is 14.0. The number of carbonyl (C=O) groups is 2. The van der Waals surface area contributed by atoms with E-state index in [1.54, 1.807) is 0 Å². The Kier molecular flexibility index (Phi) is 7.75. The molecular formula is C36H36N4O4Ru. The number of rotatable bonds is 4. The fourth-order valence-electron chi connectivity index (χ4n) is 7.98. The smallest absolute Gasteiger partial charge is 0.354 e. The maximum Gasteiger partial charge on any atom is 0.354 e. The molecule has 10 rings (SSSR count). The van der Waals surface area contributed by atoms with Crippen LogP contribution in [0, 0.1) is 22.7 Å². The van der Waals surface area contributed by atoms with E-state index in [0.29, 0.717) is 22.7 Å². The second-order valence-electron chi connectivity index (χ2n) is 14.0. The number of carboxylic acids is 2. The maximum absolute atomic E-state index is 10.3. The van der Waals surface area contributed by atoms with E-state index in [2.05, 4.69) is 75.4 Å². The Hall–Kier alpha value is -3.84. The molecule has 45 heavy (non-hydrogen) atoms. The van der Waals surface area contributed by atoms with Crippen LogP contribution in [-0.2, 0) is 32.3 Å². The first-order valence-corrected chi connectivity index (χ1v) is 15.3. The topological polar surface area (TPSA) is 126 Å². The van der Waals surface area contributed by atoms with Gasteiger partial charge < -0.3 is 10.2 Å². The molecule has 8 nitrogen and oxygen atoms in total. The summed E-state index contributed by atoms with van der Waals surface area (Å²) in [5.41, 5.74) is 10.1. The van der Waals surface area contributed by atoms with Crippen molar-refractivity contribution >= 4 is 11.9 Å². The largest absolute Gasteiger partial charge is 0.477 e. The number of hydrogen-bond donors (Lipinski definition) is 2. The number of nitrogens with zero attached hydrogens (tertiary/aromatic N) is 4. The Morgan fingerprint density at radius 3 is 1.49 bits per heavy atom. The fraction of sp³-hybridized carbons (Fsp3) is 0.389. The van der Waals surface area contributed by atoms with Crippen LogP contribution in [0.25, 0.3) is 22.8 Å². The quantitative estimate of drug-likeness (QED) is 0.218. The van der Waals surface area contributed by atoms with E-state index in [1.807, 2.05) is 0 Å². The van der Waals surface area contributed by atoms with E-state index in [9.17, 15) is 9.59 Å². The maximum atomic E-state index is 10.3. The van der Waals surface area contributed by atoms with Gasteiger partial charge in [0, 0.05) is 31.9 Å². The van der Waals surface area contributed by atoms with Gasteiger partial charge in [0.05, 0.1) is 22.8 Å². The first-order chi connectivity index (χ1) is 20.9. The Morgan fingerprint density at radius 1 is 0.667 bits per heavy atom. The molecule has 0 saturated heterocycles. The molecular weight excluding hydrogens is 653 g/mol. The Bertz CT molecular complexity index is 1710. The molecule has 0 radical (unpaired) electrons. The third kappa shape index (κ3) is 5.19. The minimum atomic E-state index is -1.24. The molecule has 2 N–H and O–H groups in total. The van der Waals surface area contributed by atoms with Gasteiger partial charge in [-0.15, -0.1) is 0 Å². The van der Waals surface area contributed by atoms with Crippen molar-refractivity contribution in [3.63, 3.8) is 0 Å². The summed E-state index contributed by atoms with van der Waals surface area (Å²) >= 11 is 0. The van der Waals surface area contributed by atoms with Crippen LogP contribution >= 0.6 is 0 Å². The van der Waals surface area contributed by atoms with E-state index in [1.165, 1.54) is 66.1 Å². The van der Waals surface area contributed by atoms with Crippen LogP contribution in [0.4, 0.5) is 0 Å². The molecule has 4 aromatic heterocycles. The fourth-order valence-corrected chi connectivity index (χ4v) is 7.98. The molecule has 232 valence electrons. The van der Waals surface area contributed by atoms with Gasteiger partial charge in [-0.3, -0.25) is 9.97 Å². The first-order valence-electron chi connectivity index (χ1n) is 15.3. The summed E-state index contributed by atoms with van der Waals surface area (Å²) < 4.78 is 0. The van der Waals surface area contributed by atoms with E-state index in [4.69, 9.17) is 25.2 Å². The summed E-state index contributed by atoms with van der Waals surface area (Å²) in [6.07, 6.45) is 9.28. The molecule has 9 heteroatoms. The van der Waals surface area contributed by atoms with Crippen LogP contribution in [0.2, 0.25) is 0 Å². The third-order valence-corrected chi connectivity index (χ3v) is 11.1. The van der Waals surface area contributed by atoms with Gasteiger partial charge in [-0.2, -0.15) is 0 Å². The molecule has 4 aromatic rings. The first kappa shape index (κ1) is 31.2. The van der Waals surface area contributed by atoms with Crippen molar-refractivity contribution in [1.29, 1.82) is 0 Å². The molecule has 2 saturated carbocycles. The molecule has 4 bridgehead atoms. The van der Waals surface area contributed by atoms with E-state index in [0.717, 1.165) is 34.6 Å². The van der Waals surface area contributed by atoms with E-state index < -0.39 is 11.9 Å². The van der Waals surface area contributed by atoms with E-state index in [-0.39, 0.29) is 30.9 Å². The number of hydrogen-bond acceptors (Lipinski definition) is 6. The summed E-state index contributed by atoms with van der Waals surface area (Å²) in [6.45, 7) is 9.68. The predicted molar refractivity (Wildman–Crippen MR) is 166 cm³/mol. The van der Waals surface area contributed by atoms with Crippen molar-refractivity contribution < 1.29 is 39.3 Å². The van der Waals surface area contributed by atoms with Crippen molar-refractivity contribution in [1.82, 2.24) is 19.9 Å². The molecule has 0 aromatic carbocycles. The van der Waals surface area contributed by atoms with Crippen LogP contribution in [0.15, 0.2) is 60.9 Å². The van der Waals surface area contributed by atoms with Gasteiger partial charge in [0.15, 0.2) is 0 Å². The minimum Gasteiger partial charge on any atom is -0.477 e. The van der Waals surface area contributed by atoms with Gasteiger partial charge in [0.2, 0.25) is 0 Å². The average molecular weight is 690 g/mol. The Morgan fingerprint density at radius 2 is 1.09 bits per heavy atom. The molecule has 0 unspecified atom stereocenters. The normalized spacial score (nSPS) is 23.7.